The van der Waals surface area contributed by atoms with Gasteiger partial charge in [-0.1, -0.05) is 0 Å². The topological polar surface area (TPSA) is 46.0 Å². The lowest BCUT2D eigenvalue weighted by Crippen LogP contribution is -2.05. The van der Waals surface area contributed by atoms with Crippen LogP contribution in [0.15, 0.2) is 42.7 Å². The molecular weight excluding hydrogens is 496 g/mol. The van der Waals surface area contributed by atoms with Crippen LogP contribution in [0.5, 0.6) is 0 Å². The molecule has 0 aliphatic heterocycles. The highest BCUT2D eigenvalue weighted by Crippen LogP contribution is 2.39. The van der Waals surface area contributed by atoms with Crippen LogP contribution in [0, 0.1) is 0 Å². The molecule has 0 radical (unpaired) electrons. The minimum Gasteiger partial charge on any atom is -0.383 e. The second-order valence-corrected chi connectivity index (χ2v) is 6.85. The molecule has 3 nitrogen and oxygen atoms in total. The quantitative estimate of drug-likeness (QED) is 0.654. The zero-order valence-electron chi connectivity index (χ0n) is 8.74. The van der Waals surface area contributed by atoms with Gasteiger partial charge in [-0.25, -0.2) is 0 Å². The van der Waals surface area contributed by atoms with E-state index in [1.165, 1.54) is 0 Å². The predicted octanol–water partition coefficient (Wildman–Crippen LogP) is 4.61. The van der Waals surface area contributed by atoms with Crippen molar-refractivity contribution >= 4 is 63.7 Å². The van der Waals surface area contributed by atoms with E-state index in [1.807, 2.05) is 0 Å². The normalized spacial score (nSPS) is 11.0. The average molecular weight is 502 g/mol. The molecule has 0 aromatic carbocycles. The fraction of sp³-hybridized carbons (Fsp3) is 0.0909. The molecule has 2 heterocycles. The third kappa shape index (κ3) is 2.85. The Hall–Kier alpha value is 0.180. The smallest absolute Gasteiger partial charge is 0.109 e. The first-order valence-corrected chi connectivity index (χ1v) is 7.95. The summed E-state index contributed by atoms with van der Waals surface area (Å²) >= 11 is 13.6. The van der Waals surface area contributed by atoms with Crippen molar-refractivity contribution < 1.29 is 5.11 Å². The zero-order valence-corrected chi connectivity index (χ0v) is 15.1. The van der Waals surface area contributed by atoms with Crippen molar-refractivity contribution in [1.29, 1.82) is 0 Å². The van der Waals surface area contributed by atoms with Crippen LogP contribution in [0.2, 0.25) is 0 Å². The van der Waals surface area contributed by atoms with Crippen molar-refractivity contribution in [2.75, 3.05) is 0 Å². The minimum atomic E-state index is -0.802. The van der Waals surface area contributed by atoms with E-state index in [0.717, 1.165) is 29.0 Å². The molecule has 0 amide bonds. The lowest BCUT2D eigenvalue weighted by Gasteiger charge is -2.17. The first kappa shape index (κ1) is 14.6. The van der Waals surface area contributed by atoms with Crippen molar-refractivity contribution in [1.82, 2.24) is 9.97 Å². The summed E-state index contributed by atoms with van der Waals surface area (Å²) in [6.07, 6.45) is 5.78. The molecule has 2 aromatic heterocycles. The number of aliphatic hydroxyl groups excluding tert-OH is 1. The molecule has 0 spiro atoms. The lowest BCUT2D eigenvalue weighted by atomic mass is 10.0. The number of aromatic nitrogens is 2. The van der Waals surface area contributed by atoms with Crippen LogP contribution in [0.3, 0.4) is 0 Å². The minimum absolute atomic E-state index is 0.720. The Morgan fingerprint density at radius 3 is 1.28 bits per heavy atom. The van der Waals surface area contributed by atoms with Crippen LogP contribution < -0.4 is 0 Å². The van der Waals surface area contributed by atoms with Crippen LogP contribution >= 0.6 is 63.7 Å². The van der Waals surface area contributed by atoms with Crippen LogP contribution in [0.25, 0.3) is 0 Å². The maximum atomic E-state index is 10.5. The summed E-state index contributed by atoms with van der Waals surface area (Å²) in [6, 6.07) is 0. The number of hydrogen-bond donors (Lipinski definition) is 1. The van der Waals surface area contributed by atoms with Crippen LogP contribution in [0.4, 0.5) is 0 Å². The standard InChI is InChI=1S/C11H6Br4N2O/c12-5-1-16-2-6(13)9(5)11(18)10-7(14)3-17-4-8(10)15/h1-4,11,18H. The summed E-state index contributed by atoms with van der Waals surface area (Å²) in [4.78, 5) is 8.05. The first-order valence-electron chi connectivity index (χ1n) is 4.78. The van der Waals surface area contributed by atoms with Gasteiger partial charge in [0.2, 0.25) is 0 Å². The molecule has 0 saturated heterocycles. The molecule has 0 fully saturated rings. The van der Waals surface area contributed by atoms with Crippen LogP contribution in [0.1, 0.15) is 17.2 Å². The van der Waals surface area contributed by atoms with Crippen LogP contribution in [-0.2, 0) is 0 Å². The van der Waals surface area contributed by atoms with Crippen molar-refractivity contribution in [3.8, 4) is 0 Å². The molecule has 94 valence electrons. The van der Waals surface area contributed by atoms with E-state index < -0.39 is 6.10 Å². The van der Waals surface area contributed by atoms with Crippen LogP contribution in [-0.4, -0.2) is 15.1 Å². The molecule has 2 rings (SSSR count). The second-order valence-electron chi connectivity index (χ2n) is 3.44. The summed E-state index contributed by atoms with van der Waals surface area (Å²) in [5, 5.41) is 10.5. The fourth-order valence-electron chi connectivity index (χ4n) is 1.51. The van der Waals surface area contributed by atoms with Gasteiger partial charge in [-0.3, -0.25) is 9.97 Å². The second kappa shape index (κ2) is 6.09. The third-order valence-corrected chi connectivity index (χ3v) is 4.86. The molecule has 0 saturated carbocycles. The van der Waals surface area contributed by atoms with Crippen molar-refractivity contribution in [3.63, 3.8) is 0 Å². The van der Waals surface area contributed by atoms with Gasteiger partial charge in [0, 0.05) is 53.8 Å². The first-order chi connectivity index (χ1) is 8.52. The molecule has 7 heteroatoms. The third-order valence-electron chi connectivity index (χ3n) is 2.33. The Balaban J connectivity index is 2.58. The Kier molecular flexibility index (Phi) is 4.93. The summed E-state index contributed by atoms with van der Waals surface area (Å²) in [6.45, 7) is 0. The molecule has 0 atom stereocenters. The number of nitrogens with zero attached hydrogens (tertiary/aromatic N) is 2. The number of rotatable bonds is 2. The number of hydrogen-bond acceptors (Lipinski definition) is 3. The summed E-state index contributed by atoms with van der Waals surface area (Å²) in [5.74, 6) is 0. The highest BCUT2D eigenvalue weighted by molar-refractivity contribution is 9.11. The lowest BCUT2D eigenvalue weighted by molar-refractivity contribution is 0.217. The highest BCUT2D eigenvalue weighted by atomic mass is 79.9. The van der Waals surface area contributed by atoms with E-state index >= 15 is 0 Å². The number of aliphatic hydroxyl groups is 1. The number of pyridine rings is 2. The van der Waals surface area contributed by atoms with Gasteiger partial charge >= 0.3 is 0 Å². The molecule has 18 heavy (non-hydrogen) atoms. The largest absolute Gasteiger partial charge is 0.383 e. The fourth-order valence-corrected chi connectivity index (χ4v) is 4.24. The van der Waals surface area contributed by atoms with Gasteiger partial charge in [0.05, 0.1) is 0 Å². The SMILES string of the molecule is OC(c1c(Br)cncc1Br)c1c(Br)cncc1Br. The molecule has 2 aromatic rings. The van der Waals surface area contributed by atoms with E-state index in [4.69, 9.17) is 0 Å². The molecule has 0 unspecified atom stereocenters. The Morgan fingerprint density at radius 1 is 0.722 bits per heavy atom. The maximum Gasteiger partial charge on any atom is 0.109 e. The molecule has 1 N–H and O–H groups in total. The van der Waals surface area contributed by atoms with E-state index in [1.54, 1.807) is 24.8 Å². The average Bonchev–Trinajstić information content (AvgIpc) is 2.28. The highest BCUT2D eigenvalue weighted by Gasteiger charge is 2.22. The molecule has 0 aliphatic rings. The Morgan fingerprint density at radius 2 is 1.00 bits per heavy atom. The molecule has 0 bridgehead atoms. The van der Waals surface area contributed by atoms with Gasteiger partial charge in [-0.05, 0) is 63.7 Å². The summed E-state index contributed by atoms with van der Waals surface area (Å²) < 4.78 is 2.94. The Bertz CT molecular complexity index is 499. The monoisotopic (exact) mass is 498 g/mol. The van der Waals surface area contributed by atoms with Gasteiger partial charge < -0.3 is 5.11 Å². The maximum absolute atomic E-state index is 10.5. The summed E-state index contributed by atoms with van der Waals surface area (Å²) in [5.41, 5.74) is 1.44. The molecular formula is C11H6Br4N2O. The van der Waals surface area contributed by atoms with Gasteiger partial charge in [-0.2, -0.15) is 0 Å². The predicted molar refractivity (Wildman–Crippen MR) is 83.3 cm³/mol. The molecule has 0 aliphatic carbocycles. The number of halogens is 4. The van der Waals surface area contributed by atoms with Gasteiger partial charge in [-0.15, -0.1) is 0 Å². The Labute approximate surface area is 138 Å². The zero-order chi connectivity index (χ0) is 13.3. The van der Waals surface area contributed by atoms with Gasteiger partial charge in [0.1, 0.15) is 6.10 Å². The van der Waals surface area contributed by atoms with E-state index in [2.05, 4.69) is 73.7 Å². The van der Waals surface area contributed by atoms with E-state index in [-0.39, 0.29) is 0 Å². The van der Waals surface area contributed by atoms with Crippen molar-refractivity contribution in [2.45, 2.75) is 6.10 Å². The van der Waals surface area contributed by atoms with Gasteiger partial charge in [0.25, 0.3) is 0 Å². The van der Waals surface area contributed by atoms with E-state index in [9.17, 15) is 5.11 Å². The van der Waals surface area contributed by atoms with Gasteiger partial charge in [0.15, 0.2) is 0 Å². The van der Waals surface area contributed by atoms with E-state index in [0.29, 0.717) is 0 Å². The van der Waals surface area contributed by atoms with Crippen molar-refractivity contribution in [3.05, 3.63) is 53.8 Å². The van der Waals surface area contributed by atoms with Crippen molar-refractivity contribution in [2.24, 2.45) is 0 Å². The summed E-state index contributed by atoms with van der Waals surface area (Å²) in [7, 11) is 0.